The molecule has 0 saturated heterocycles. The molecule has 1 heterocycles. The van der Waals surface area contributed by atoms with Crippen LogP contribution in [0.4, 0.5) is 0 Å². The van der Waals surface area contributed by atoms with Crippen LogP contribution in [-0.4, -0.2) is 18.0 Å². The predicted molar refractivity (Wildman–Crippen MR) is 90.6 cm³/mol. The van der Waals surface area contributed by atoms with Crippen molar-refractivity contribution in [1.29, 1.82) is 0 Å². The Kier molecular flexibility index (Phi) is 6.18. The van der Waals surface area contributed by atoms with Crippen LogP contribution in [0.1, 0.15) is 54.4 Å². The molecule has 1 aromatic carbocycles. The Hall–Kier alpha value is -2.56. The Bertz CT molecular complexity index is 678. The molecule has 5 nitrogen and oxygen atoms in total. The smallest absolute Gasteiger partial charge is 0.375 e. The first-order chi connectivity index (χ1) is 11.5. The molecular weight excluding hydrogens is 306 g/mol. The Morgan fingerprint density at radius 3 is 2.50 bits per heavy atom. The molecule has 2 aromatic rings. The van der Waals surface area contributed by atoms with E-state index in [1.54, 1.807) is 19.9 Å². The lowest BCUT2D eigenvalue weighted by Gasteiger charge is -2.21. The number of hydrogen-bond acceptors (Lipinski definition) is 4. The van der Waals surface area contributed by atoms with E-state index in [0.717, 1.165) is 18.4 Å². The third-order valence-electron chi connectivity index (χ3n) is 3.80. The Morgan fingerprint density at radius 1 is 1.21 bits per heavy atom. The molecule has 2 rings (SSSR count). The van der Waals surface area contributed by atoms with E-state index in [2.05, 4.69) is 12.2 Å². The Morgan fingerprint density at radius 2 is 1.92 bits per heavy atom. The summed E-state index contributed by atoms with van der Waals surface area (Å²) in [6, 6.07) is 11.3. The zero-order chi connectivity index (χ0) is 17.5. The molecule has 0 aliphatic carbocycles. The highest BCUT2D eigenvalue weighted by Gasteiger charge is 2.24. The fraction of sp³-hybridized carbons (Fsp3) is 0.368. The summed E-state index contributed by atoms with van der Waals surface area (Å²) in [5.74, 6) is -0.829. The highest BCUT2D eigenvalue weighted by Crippen LogP contribution is 2.19. The SMILES string of the molecule is CCC[C@@H](NC(=O)[C@H](C)OC(=O)c1occc1C)c1ccccc1. The van der Waals surface area contributed by atoms with Crippen molar-refractivity contribution in [2.24, 2.45) is 0 Å². The molecule has 0 fully saturated rings. The average Bonchev–Trinajstić information content (AvgIpc) is 3.01. The van der Waals surface area contributed by atoms with E-state index >= 15 is 0 Å². The van der Waals surface area contributed by atoms with Gasteiger partial charge in [-0.25, -0.2) is 4.79 Å². The molecule has 0 bridgehead atoms. The van der Waals surface area contributed by atoms with E-state index in [-0.39, 0.29) is 17.7 Å². The largest absolute Gasteiger partial charge is 0.457 e. The number of ether oxygens (including phenoxy) is 1. The second-order valence-electron chi connectivity index (χ2n) is 5.74. The van der Waals surface area contributed by atoms with Crippen LogP contribution in [0, 0.1) is 6.92 Å². The standard InChI is InChI=1S/C19H23NO4/c1-4-8-16(15-9-6-5-7-10-15)20-18(21)14(3)24-19(22)17-13(2)11-12-23-17/h5-7,9-12,14,16H,4,8H2,1-3H3,(H,20,21)/t14-,16+/m0/s1. The number of carbonyl (C=O) groups excluding carboxylic acids is 2. The van der Waals surface area contributed by atoms with Crippen LogP contribution in [0.25, 0.3) is 0 Å². The first-order valence-corrected chi connectivity index (χ1v) is 8.13. The number of hydrogen-bond donors (Lipinski definition) is 1. The first kappa shape index (κ1) is 17.8. The van der Waals surface area contributed by atoms with Gasteiger partial charge in [0.05, 0.1) is 12.3 Å². The molecule has 2 atom stereocenters. The van der Waals surface area contributed by atoms with Crippen molar-refractivity contribution < 1.29 is 18.7 Å². The molecule has 0 unspecified atom stereocenters. The van der Waals surface area contributed by atoms with Crippen LogP contribution < -0.4 is 5.32 Å². The maximum Gasteiger partial charge on any atom is 0.375 e. The zero-order valence-corrected chi connectivity index (χ0v) is 14.2. The van der Waals surface area contributed by atoms with E-state index in [9.17, 15) is 9.59 Å². The van der Waals surface area contributed by atoms with Gasteiger partial charge in [0.1, 0.15) is 0 Å². The number of carbonyl (C=O) groups is 2. The highest BCUT2D eigenvalue weighted by molar-refractivity contribution is 5.91. The van der Waals surface area contributed by atoms with Gasteiger partial charge in [0.15, 0.2) is 6.10 Å². The van der Waals surface area contributed by atoms with E-state index in [0.29, 0.717) is 5.56 Å². The lowest BCUT2D eigenvalue weighted by Crippen LogP contribution is -2.38. The van der Waals surface area contributed by atoms with Crippen LogP contribution >= 0.6 is 0 Å². The van der Waals surface area contributed by atoms with Gasteiger partial charge >= 0.3 is 5.97 Å². The summed E-state index contributed by atoms with van der Waals surface area (Å²) in [7, 11) is 0. The molecule has 1 aromatic heterocycles. The lowest BCUT2D eigenvalue weighted by atomic mass is 10.0. The molecule has 128 valence electrons. The van der Waals surface area contributed by atoms with Gasteiger partial charge in [-0.05, 0) is 31.9 Å². The van der Waals surface area contributed by atoms with Crippen LogP contribution in [0.5, 0.6) is 0 Å². The number of rotatable bonds is 7. The molecule has 1 amide bonds. The monoisotopic (exact) mass is 329 g/mol. The van der Waals surface area contributed by atoms with Crippen molar-refractivity contribution in [2.75, 3.05) is 0 Å². The topological polar surface area (TPSA) is 68.5 Å². The predicted octanol–water partition coefficient (Wildman–Crippen LogP) is 3.79. The Balaban J connectivity index is 1.99. The molecule has 24 heavy (non-hydrogen) atoms. The fourth-order valence-electron chi connectivity index (χ4n) is 2.43. The van der Waals surface area contributed by atoms with Gasteiger partial charge in [-0.2, -0.15) is 0 Å². The summed E-state index contributed by atoms with van der Waals surface area (Å²) in [6.07, 6.45) is 2.27. The molecule has 0 spiro atoms. The molecule has 0 aliphatic rings. The van der Waals surface area contributed by atoms with Crippen LogP contribution in [0.3, 0.4) is 0 Å². The van der Waals surface area contributed by atoms with Gasteiger partial charge in [-0.15, -0.1) is 0 Å². The summed E-state index contributed by atoms with van der Waals surface area (Å²) in [5.41, 5.74) is 1.72. The normalized spacial score (nSPS) is 13.1. The average molecular weight is 329 g/mol. The number of furan rings is 1. The van der Waals surface area contributed by atoms with Gasteiger partial charge in [0.25, 0.3) is 5.91 Å². The maximum atomic E-state index is 12.4. The third-order valence-corrected chi connectivity index (χ3v) is 3.80. The van der Waals surface area contributed by atoms with E-state index in [1.807, 2.05) is 30.3 Å². The highest BCUT2D eigenvalue weighted by atomic mass is 16.6. The van der Waals surface area contributed by atoms with Gasteiger partial charge in [-0.3, -0.25) is 4.79 Å². The van der Waals surface area contributed by atoms with Crippen LogP contribution in [0.2, 0.25) is 0 Å². The minimum atomic E-state index is -0.898. The van der Waals surface area contributed by atoms with Crippen molar-refractivity contribution in [2.45, 2.75) is 45.8 Å². The van der Waals surface area contributed by atoms with Crippen LogP contribution in [0.15, 0.2) is 47.1 Å². The van der Waals surface area contributed by atoms with Crippen molar-refractivity contribution in [3.63, 3.8) is 0 Å². The molecule has 0 saturated carbocycles. The molecule has 0 radical (unpaired) electrons. The summed E-state index contributed by atoms with van der Waals surface area (Å²) in [6.45, 7) is 5.36. The lowest BCUT2D eigenvalue weighted by molar-refractivity contribution is -0.130. The van der Waals surface area contributed by atoms with Gasteiger partial charge in [0.2, 0.25) is 5.76 Å². The van der Waals surface area contributed by atoms with Gasteiger partial charge in [-0.1, -0.05) is 43.7 Å². The number of amides is 1. The van der Waals surface area contributed by atoms with E-state index in [1.165, 1.54) is 6.26 Å². The summed E-state index contributed by atoms with van der Waals surface area (Å²) >= 11 is 0. The van der Waals surface area contributed by atoms with Crippen LogP contribution in [-0.2, 0) is 9.53 Å². The quantitative estimate of drug-likeness (QED) is 0.785. The Labute approximate surface area is 142 Å². The fourth-order valence-corrected chi connectivity index (χ4v) is 2.43. The minimum Gasteiger partial charge on any atom is -0.457 e. The second kappa shape index (κ2) is 8.34. The van der Waals surface area contributed by atoms with Gasteiger partial charge < -0.3 is 14.5 Å². The number of esters is 1. The van der Waals surface area contributed by atoms with E-state index in [4.69, 9.17) is 9.15 Å². The van der Waals surface area contributed by atoms with Crippen molar-refractivity contribution >= 4 is 11.9 Å². The summed E-state index contributed by atoms with van der Waals surface area (Å²) in [4.78, 5) is 24.4. The van der Waals surface area contributed by atoms with Gasteiger partial charge in [0, 0.05) is 5.56 Å². The van der Waals surface area contributed by atoms with E-state index < -0.39 is 12.1 Å². The second-order valence-corrected chi connectivity index (χ2v) is 5.74. The molecule has 1 N–H and O–H groups in total. The third kappa shape index (κ3) is 4.47. The summed E-state index contributed by atoms with van der Waals surface area (Å²) in [5, 5.41) is 2.95. The number of aryl methyl sites for hydroxylation is 1. The van der Waals surface area contributed by atoms with Crippen molar-refractivity contribution in [3.8, 4) is 0 Å². The minimum absolute atomic E-state index is 0.102. The number of benzene rings is 1. The molecule has 5 heteroatoms. The molecular formula is C19H23NO4. The maximum absolute atomic E-state index is 12.4. The summed E-state index contributed by atoms with van der Waals surface area (Å²) < 4.78 is 10.3. The first-order valence-electron chi connectivity index (χ1n) is 8.13. The number of nitrogens with one attached hydrogen (secondary N) is 1. The van der Waals surface area contributed by atoms with Crippen molar-refractivity contribution in [3.05, 3.63) is 59.5 Å². The molecule has 0 aliphatic heterocycles. The van der Waals surface area contributed by atoms with Crippen molar-refractivity contribution in [1.82, 2.24) is 5.32 Å². The zero-order valence-electron chi connectivity index (χ0n) is 14.2.